The molecule has 1 aromatic heterocycles. The lowest BCUT2D eigenvalue weighted by molar-refractivity contribution is -0.140. The number of para-hydroxylation sites is 1. The van der Waals surface area contributed by atoms with Gasteiger partial charge in [-0.05, 0) is 71.8 Å². The summed E-state index contributed by atoms with van der Waals surface area (Å²) in [5.41, 5.74) is 3.38. The fourth-order valence-corrected chi connectivity index (χ4v) is 4.63. The number of methoxy groups -OCH3 is 2. The van der Waals surface area contributed by atoms with Crippen LogP contribution in [-0.2, 0) is 22.7 Å². The molecule has 0 aliphatic heterocycles. The fourth-order valence-electron chi connectivity index (χ4n) is 4.51. The smallest absolute Gasteiger partial charge is 0.251 e. The highest BCUT2D eigenvalue weighted by Crippen LogP contribution is 2.28. The van der Waals surface area contributed by atoms with E-state index in [1.165, 1.54) is 0 Å². The molecule has 0 fully saturated rings. The van der Waals surface area contributed by atoms with Crippen molar-refractivity contribution in [3.63, 3.8) is 0 Å². The molecule has 0 spiro atoms. The number of hydrogen-bond acceptors (Lipinski definition) is 6. The first-order chi connectivity index (χ1) is 19.9. The van der Waals surface area contributed by atoms with E-state index < -0.39 is 6.04 Å². The number of ether oxygens (including phenoxy) is 2. The zero-order valence-corrected chi connectivity index (χ0v) is 23.3. The summed E-state index contributed by atoms with van der Waals surface area (Å²) in [6.07, 6.45) is 0. The largest absolute Gasteiger partial charge is 0.497 e. The van der Waals surface area contributed by atoms with Crippen molar-refractivity contribution in [2.24, 2.45) is 0 Å². The van der Waals surface area contributed by atoms with E-state index in [2.05, 4.69) is 15.6 Å². The highest BCUT2D eigenvalue weighted by atomic mass is 35.5. The first-order valence-electron chi connectivity index (χ1n) is 12.9. The third-order valence-corrected chi connectivity index (χ3v) is 6.89. The molecule has 1 unspecified atom stereocenters. The molecule has 1 N–H and O–H groups in total. The summed E-state index contributed by atoms with van der Waals surface area (Å²) in [5.74, 6) is 0.592. The lowest BCUT2D eigenvalue weighted by atomic mass is 10.0. The highest BCUT2D eigenvalue weighted by Gasteiger charge is 2.32. The molecule has 5 rings (SSSR count). The molecule has 10 heteroatoms. The monoisotopic (exact) mass is 569 g/mol. The minimum Gasteiger partial charge on any atom is -0.497 e. The van der Waals surface area contributed by atoms with Gasteiger partial charge < -0.3 is 19.7 Å². The number of benzene rings is 4. The van der Waals surface area contributed by atoms with Gasteiger partial charge in [0.25, 0.3) is 5.91 Å². The minimum atomic E-state index is -0.985. The van der Waals surface area contributed by atoms with E-state index in [-0.39, 0.29) is 24.9 Å². The molecule has 2 amide bonds. The first kappa shape index (κ1) is 27.7. The maximum Gasteiger partial charge on any atom is 0.251 e. The van der Waals surface area contributed by atoms with Crippen molar-refractivity contribution in [1.82, 2.24) is 19.9 Å². The number of fused-ring (bicyclic) bond motifs is 1. The third kappa shape index (κ3) is 6.47. The molecule has 1 heterocycles. The van der Waals surface area contributed by atoms with Gasteiger partial charge in [0.1, 0.15) is 29.6 Å². The second-order valence-electron chi connectivity index (χ2n) is 9.28. The first-order valence-corrected chi connectivity index (χ1v) is 13.2. The Labute approximate surface area is 242 Å². The summed E-state index contributed by atoms with van der Waals surface area (Å²) in [4.78, 5) is 29.6. The van der Waals surface area contributed by atoms with E-state index in [1.54, 1.807) is 84.5 Å². The summed E-state index contributed by atoms with van der Waals surface area (Å²) in [5, 5.41) is 11.9. The van der Waals surface area contributed by atoms with Gasteiger partial charge in [-0.1, -0.05) is 53.2 Å². The van der Waals surface area contributed by atoms with Crippen molar-refractivity contribution >= 4 is 40.1 Å². The van der Waals surface area contributed by atoms with Crippen molar-refractivity contribution in [1.29, 1.82) is 0 Å². The Hall–Kier alpha value is -4.89. The molecule has 0 bridgehead atoms. The zero-order valence-electron chi connectivity index (χ0n) is 22.5. The number of aromatic nitrogens is 3. The Balaban J connectivity index is 1.54. The minimum absolute atomic E-state index is 0.115. The van der Waals surface area contributed by atoms with Gasteiger partial charge >= 0.3 is 0 Å². The predicted molar refractivity (Wildman–Crippen MR) is 157 cm³/mol. The molecule has 0 aliphatic rings. The van der Waals surface area contributed by atoms with Crippen molar-refractivity contribution < 1.29 is 19.1 Å². The van der Waals surface area contributed by atoms with Crippen molar-refractivity contribution in [2.45, 2.75) is 19.1 Å². The van der Waals surface area contributed by atoms with Gasteiger partial charge in [-0.25, -0.2) is 4.68 Å². The standard InChI is InChI=1S/C31H28ClN5O4/c1-40-25-15-9-22(10-16-25)30(31(39)33-24-13-17-26(41-2)18-14-24)36(19-21-7-11-23(32)12-8-21)29(38)20-37-28-6-4-3-5-27(28)34-35-37/h3-18,30H,19-20H2,1-2H3,(H,33,39). The van der Waals surface area contributed by atoms with Crippen LogP contribution in [0.3, 0.4) is 0 Å². The van der Waals surface area contributed by atoms with Gasteiger partial charge in [0.2, 0.25) is 5.91 Å². The number of anilines is 1. The Bertz CT molecular complexity index is 1640. The van der Waals surface area contributed by atoms with Gasteiger partial charge in [0, 0.05) is 17.3 Å². The highest BCUT2D eigenvalue weighted by molar-refractivity contribution is 6.30. The van der Waals surface area contributed by atoms with Crippen LogP contribution in [-0.4, -0.2) is 45.9 Å². The Morgan fingerprint density at radius 1 is 0.878 bits per heavy atom. The van der Waals surface area contributed by atoms with Crippen molar-refractivity contribution in [2.75, 3.05) is 19.5 Å². The van der Waals surface area contributed by atoms with Crippen LogP contribution in [0.5, 0.6) is 11.5 Å². The van der Waals surface area contributed by atoms with Gasteiger partial charge in [-0.3, -0.25) is 9.59 Å². The average molecular weight is 570 g/mol. The maximum absolute atomic E-state index is 14.1. The molecular formula is C31H28ClN5O4. The lowest BCUT2D eigenvalue weighted by Gasteiger charge is -2.32. The zero-order chi connectivity index (χ0) is 28.8. The van der Waals surface area contributed by atoms with E-state index in [1.807, 2.05) is 36.4 Å². The van der Waals surface area contributed by atoms with Gasteiger partial charge in [0.15, 0.2) is 0 Å². The summed E-state index contributed by atoms with van der Waals surface area (Å²) >= 11 is 6.13. The van der Waals surface area contributed by atoms with Gasteiger partial charge in [-0.2, -0.15) is 0 Å². The second-order valence-corrected chi connectivity index (χ2v) is 9.71. The van der Waals surface area contributed by atoms with E-state index in [0.717, 1.165) is 11.1 Å². The molecular weight excluding hydrogens is 542 g/mol. The Morgan fingerprint density at radius 2 is 1.51 bits per heavy atom. The maximum atomic E-state index is 14.1. The molecule has 4 aromatic carbocycles. The SMILES string of the molecule is COc1ccc(NC(=O)C(c2ccc(OC)cc2)N(Cc2ccc(Cl)cc2)C(=O)Cn2nnc3ccccc32)cc1. The average Bonchev–Trinajstić information content (AvgIpc) is 3.41. The normalized spacial score (nSPS) is 11.6. The molecule has 0 saturated carbocycles. The topological polar surface area (TPSA) is 98.6 Å². The molecule has 208 valence electrons. The van der Waals surface area contributed by atoms with Crippen LogP contribution < -0.4 is 14.8 Å². The molecule has 0 aliphatic carbocycles. The molecule has 9 nitrogen and oxygen atoms in total. The van der Waals surface area contributed by atoms with Crippen molar-refractivity contribution in [3.8, 4) is 11.5 Å². The van der Waals surface area contributed by atoms with Crippen LogP contribution in [0, 0.1) is 0 Å². The van der Waals surface area contributed by atoms with Crippen LogP contribution in [0.1, 0.15) is 17.2 Å². The van der Waals surface area contributed by atoms with Crippen LogP contribution >= 0.6 is 11.6 Å². The fraction of sp³-hybridized carbons (Fsp3) is 0.161. The summed E-state index contributed by atoms with van der Waals surface area (Å²) in [6.45, 7) is 0.0337. The quantitative estimate of drug-likeness (QED) is 0.238. The van der Waals surface area contributed by atoms with Gasteiger partial charge in [0.05, 0.1) is 19.7 Å². The van der Waals surface area contributed by atoms with Crippen LogP contribution in [0.15, 0.2) is 97.1 Å². The second kappa shape index (κ2) is 12.5. The van der Waals surface area contributed by atoms with E-state index in [9.17, 15) is 9.59 Å². The number of carbonyl (C=O) groups is 2. The summed E-state index contributed by atoms with van der Waals surface area (Å²) in [6, 6.07) is 27.7. The molecule has 5 aromatic rings. The van der Waals surface area contributed by atoms with Crippen LogP contribution in [0.4, 0.5) is 5.69 Å². The molecule has 41 heavy (non-hydrogen) atoms. The number of nitrogens with one attached hydrogen (secondary N) is 1. The Kier molecular flexibility index (Phi) is 8.45. The molecule has 1 atom stereocenters. The molecule has 0 radical (unpaired) electrons. The lowest BCUT2D eigenvalue weighted by Crippen LogP contribution is -2.42. The number of halogens is 1. The summed E-state index contributed by atoms with van der Waals surface area (Å²) in [7, 11) is 3.15. The van der Waals surface area contributed by atoms with Gasteiger partial charge in [-0.15, -0.1) is 5.10 Å². The Morgan fingerprint density at radius 3 is 2.17 bits per heavy atom. The number of rotatable bonds is 10. The van der Waals surface area contributed by atoms with E-state index >= 15 is 0 Å². The molecule has 0 saturated heterocycles. The van der Waals surface area contributed by atoms with Crippen LogP contribution in [0.25, 0.3) is 11.0 Å². The number of nitrogens with zero attached hydrogens (tertiary/aromatic N) is 4. The van der Waals surface area contributed by atoms with E-state index in [0.29, 0.717) is 33.3 Å². The number of carbonyl (C=O) groups excluding carboxylic acids is 2. The van der Waals surface area contributed by atoms with Crippen LogP contribution in [0.2, 0.25) is 5.02 Å². The predicted octanol–water partition coefficient (Wildman–Crippen LogP) is 5.51. The van der Waals surface area contributed by atoms with E-state index in [4.69, 9.17) is 21.1 Å². The number of hydrogen-bond donors (Lipinski definition) is 1. The third-order valence-electron chi connectivity index (χ3n) is 6.64. The number of amides is 2. The summed E-state index contributed by atoms with van der Waals surface area (Å²) < 4.78 is 12.1. The van der Waals surface area contributed by atoms with Crippen molar-refractivity contribution in [3.05, 3.63) is 113 Å².